The summed E-state index contributed by atoms with van der Waals surface area (Å²) in [6.07, 6.45) is 13.8. The van der Waals surface area contributed by atoms with E-state index < -0.39 is 0 Å². The van der Waals surface area contributed by atoms with Crippen molar-refractivity contribution < 1.29 is 9.59 Å². The van der Waals surface area contributed by atoms with Crippen molar-refractivity contribution in [1.82, 2.24) is 15.1 Å². The van der Waals surface area contributed by atoms with Crippen LogP contribution in [0, 0.1) is 5.92 Å². The molecular weight excluding hydrogens is 350 g/mol. The van der Waals surface area contributed by atoms with Gasteiger partial charge in [-0.25, -0.2) is 0 Å². The zero-order chi connectivity index (χ0) is 19.8. The van der Waals surface area contributed by atoms with Crippen LogP contribution in [-0.2, 0) is 9.59 Å². The lowest BCUT2D eigenvalue weighted by atomic mass is 9.91. The maximum absolute atomic E-state index is 12.5. The summed E-state index contributed by atoms with van der Waals surface area (Å²) < 4.78 is 0. The van der Waals surface area contributed by atoms with Crippen LogP contribution in [0.25, 0.3) is 0 Å². The zero-order valence-corrected chi connectivity index (χ0v) is 17.8. The van der Waals surface area contributed by atoms with E-state index in [0.29, 0.717) is 30.7 Å². The number of hydrogen-bond donors (Lipinski definition) is 1. The summed E-state index contributed by atoms with van der Waals surface area (Å²) in [6.45, 7) is 6.98. The van der Waals surface area contributed by atoms with Crippen molar-refractivity contribution in [3.63, 3.8) is 0 Å². The molecule has 1 N–H and O–H groups in total. The Bertz CT molecular complexity index is 552. The molecule has 1 atom stereocenters. The van der Waals surface area contributed by atoms with Crippen molar-refractivity contribution >= 4 is 11.8 Å². The van der Waals surface area contributed by atoms with Crippen LogP contribution in [0.15, 0.2) is 11.6 Å². The minimum Gasteiger partial charge on any atom is -0.355 e. The lowest BCUT2D eigenvalue weighted by Gasteiger charge is -2.32. The highest BCUT2D eigenvalue weighted by molar-refractivity contribution is 5.79. The number of likely N-dealkylation sites (tertiary alicyclic amines) is 2. The average Bonchev–Trinajstić information content (AvgIpc) is 3.19. The predicted molar refractivity (Wildman–Crippen MR) is 113 cm³/mol. The normalized spacial score (nSPS) is 24.2. The number of allylic oxidation sites excluding steroid dienone is 1. The van der Waals surface area contributed by atoms with E-state index in [1.807, 2.05) is 4.90 Å². The molecule has 1 unspecified atom stereocenters. The van der Waals surface area contributed by atoms with Gasteiger partial charge in [0, 0.05) is 38.5 Å². The molecule has 28 heavy (non-hydrogen) atoms. The number of carbonyl (C=O) groups is 2. The van der Waals surface area contributed by atoms with Gasteiger partial charge in [-0.15, -0.1) is 0 Å². The predicted octanol–water partition coefficient (Wildman–Crippen LogP) is 3.50. The van der Waals surface area contributed by atoms with Gasteiger partial charge in [0.1, 0.15) is 0 Å². The van der Waals surface area contributed by atoms with Gasteiger partial charge >= 0.3 is 0 Å². The summed E-state index contributed by atoms with van der Waals surface area (Å²) in [4.78, 5) is 29.3. The molecule has 2 aliphatic heterocycles. The first-order valence-electron chi connectivity index (χ1n) is 11.6. The van der Waals surface area contributed by atoms with Crippen LogP contribution in [0.1, 0.15) is 77.6 Å². The van der Waals surface area contributed by atoms with Gasteiger partial charge in [0.05, 0.1) is 0 Å². The third-order valence-electron chi connectivity index (χ3n) is 6.95. The molecule has 0 spiro atoms. The number of amides is 2. The van der Waals surface area contributed by atoms with E-state index in [4.69, 9.17) is 0 Å². The Hall–Kier alpha value is -1.36. The Kier molecular flexibility index (Phi) is 8.38. The van der Waals surface area contributed by atoms with Crippen LogP contribution in [0.4, 0.5) is 0 Å². The highest BCUT2D eigenvalue weighted by Gasteiger charge is 2.25. The summed E-state index contributed by atoms with van der Waals surface area (Å²) in [5, 5.41) is 3.15. The number of rotatable bonds is 8. The molecule has 3 rings (SSSR count). The Morgan fingerprint density at radius 3 is 2.64 bits per heavy atom. The maximum Gasteiger partial charge on any atom is 0.226 e. The molecule has 1 aliphatic carbocycles. The van der Waals surface area contributed by atoms with Crippen LogP contribution in [0.3, 0.4) is 0 Å². The maximum atomic E-state index is 12.5. The van der Waals surface area contributed by atoms with Crippen LogP contribution < -0.4 is 5.32 Å². The zero-order valence-electron chi connectivity index (χ0n) is 17.8. The minimum absolute atomic E-state index is 0.200. The average molecular weight is 390 g/mol. The highest BCUT2D eigenvalue weighted by atomic mass is 16.2. The first kappa shape index (κ1) is 21.4. The fourth-order valence-electron chi connectivity index (χ4n) is 5.04. The highest BCUT2D eigenvalue weighted by Crippen LogP contribution is 2.25. The van der Waals surface area contributed by atoms with E-state index in [1.165, 1.54) is 37.8 Å². The second-order valence-electron chi connectivity index (χ2n) is 8.88. The molecule has 0 saturated carbocycles. The number of carbonyl (C=O) groups excluding carboxylic acids is 2. The molecule has 2 fully saturated rings. The molecule has 0 bridgehead atoms. The molecule has 5 nitrogen and oxygen atoms in total. The fraction of sp³-hybridized carbons (Fsp3) is 0.826. The Balaban J connectivity index is 1.29. The lowest BCUT2D eigenvalue weighted by Crippen LogP contribution is -2.40. The quantitative estimate of drug-likeness (QED) is 0.647. The molecule has 3 aliphatic rings. The first-order valence-corrected chi connectivity index (χ1v) is 11.6. The monoisotopic (exact) mass is 389 g/mol. The van der Waals surface area contributed by atoms with Crippen molar-refractivity contribution in [3.8, 4) is 0 Å². The molecule has 5 heteroatoms. The van der Waals surface area contributed by atoms with E-state index in [0.717, 1.165) is 58.3 Å². The van der Waals surface area contributed by atoms with E-state index in [-0.39, 0.29) is 5.91 Å². The van der Waals surface area contributed by atoms with Gasteiger partial charge in [-0.3, -0.25) is 14.5 Å². The molecule has 2 heterocycles. The van der Waals surface area contributed by atoms with Crippen LogP contribution in [0.5, 0.6) is 0 Å². The van der Waals surface area contributed by atoms with Crippen LogP contribution in [-0.4, -0.2) is 60.4 Å². The van der Waals surface area contributed by atoms with Gasteiger partial charge in [-0.05, 0) is 76.8 Å². The fourth-order valence-corrected chi connectivity index (χ4v) is 5.04. The van der Waals surface area contributed by atoms with Gasteiger partial charge < -0.3 is 10.2 Å². The Morgan fingerprint density at radius 1 is 1.11 bits per heavy atom. The summed E-state index contributed by atoms with van der Waals surface area (Å²) in [5.41, 5.74) is 1.35. The number of nitrogens with one attached hydrogen (secondary N) is 1. The van der Waals surface area contributed by atoms with Gasteiger partial charge in [0.15, 0.2) is 0 Å². The smallest absolute Gasteiger partial charge is 0.226 e. The topological polar surface area (TPSA) is 52.7 Å². The second kappa shape index (κ2) is 11.0. The second-order valence-corrected chi connectivity index (χ2v) is 8.88. The van der Waals surface area contributed by atoms with Crippen LogP contribution in [0.2, 0.25) is 0 Å². The van der Waals surface area contributed by atoms with Crippen molar-refractivity contribution in [2.75, 3.05) is 32.7 Å². The first-order chi connectivity index (χ1) is 13.7. The van der Waals surface area contributed by atoms with E-state index in [1.54, 1.807) is 0 Å². The molecule has 0 radical (unpaired) electrons. The van der Waals surface area contributed by atoms with Gasteiger partial charge in [-0.2, -0.15) is 0 Å². The Morgan fingerprint density at radius 2 is 1.93 bits per heavy atom. The van der Waals surface area contributed by atoms with E-state index >= 15 is 0 Å². The Labute approximate surface area is 170 Å². The number of piperidine rings is 1. The summed E-state index contributed by atoms with van der Waals surface area (Å²) in [7, 11) is 0. The molecule has 0 aromatic heterocycles. The third-order valence-corrected chi connectivity index (χ3v) is 6.95. The number of hydrogen-bond acceptors (Lipinski definition) is 3. The summed E-state index contributed by atoms with van der Waals surface area (Å²) in [5.74, 6) is 1.09. The molecule has 0 aromatic carbocycles. The number of nitrogens with zero attached hydrogens (tertiary/aromatic N) is 2. The van der Waals surface area contributed by atoms with E-state index in [9.17, 15) is 9.59 Å². The number of likely N-dealkylation sites (N-methyl/N-ethyl adjacent to an activating group) is 1. The summed E-state index contributed by atoms with van der Waals surface area (Å²) >= 11 is 0. The van der Waals surface area contributed by atoms with Gasteiger partial charge in [-0.1, -0.05) is 18.6 Å². The van der Waals surface area contributed by atoms with Gasteiger partial charge in [0.2, 0.25) is 11.8 Å². The van der Waals surface area contributed by atoms with E-state index in [2.05, 4.69) is 23.2 Å². The SMILES string of the molecule is CCN1CCCC1CNC(=O)CCC1CCN(C(=O)CC2=CCCCC2)CC1. The van der Waals surface area contributed by atoms with Crippen molar-refractivity contribution in [1.29, 1.82) is 0 Å². The van der Waals surface area contributed by atoms with Crippen LogP contribution >= 0.6 is 0 Å². The molecule has 2 saturated heterocycles. The molecule has 2 amide bonds. The molecule has 158 valence electrons. The molecular formula is C23H39N3O2. The third kappa shape index (κ3) is 6.33. The standard InChI is InChI=1S/C23H39N3O2/c1-2-25-14-6-9-21(25)18-24-22(27)11-10-19-12-15-26(16-13-19)23(28)17-20-7-4-3-5-8-20/h7,19,21H,2-6,8-18H2,1H3,(H,24,27). The molecule has 0 aromatic rings. The minimum atomic E-state index is 0.200. The largest absolute Gasteiger partial charge is 0.355 e. The van der Waals surface area contributed by atoms with Crippen molar-refractivity contribution in [2.45, 2.75) is 83.6 Å². The van der Waals surface area contributed by atoms with Gasteiger partial charge in [0.25, 0.3) is 0 Å². The summed E-state index contributed by atoms with van der Waals surface area (Å²) in [6, 6.07) is 0.530. The lowest BCUT2D eigenvalue weighted by molar-refractivity contribution is -0.132. The van der Waals surface area contributed by atoms with Crippen molar-refractivity contribution in [3.05, 3.63) is 11.6 Å². The van der Waals surface area contributed by atoms with Crippen molar-refractivity contribution in [2.24, 2.45) is 5.92 Å².